The van der Waals surface area contributed by atoms with Gasteiger partial charge in [-0.15, -0.1) is 0 Å². The second-order valence-electron chi connectivity index (χ2n) is 1.96. The van der Waals surface area contributed by atoms with Crippen molar-refractivity contribution in [2.75, 3.05) is 0 Å². The van der Waals surface area contributed by atoms with E-state index in [0.29, 0.717) is 5.82 Å². The highest BCUT2D eigenvalue weighted by atomic mass is 32.1. The fourth-order valence-electron chi connectivity index (χ4n) is 0.754. The number of H-pyrrole nitrogens is 1. The molecule has 2 rings (SSSR count). The van der Waals surface area contributed by atoms with Crippen molar-refractivity contribution >= 4 is 22.9 Å². The summed E-state index contributed by atoms with van der Waals surface area (Å²) in [5.41, 5.74) is 0.980. The van der Waals surface area contributed by atoms with Crippen LogP contribution < -0.4 is 4.87 Å². The predicted octanol–water partition coefficient (Wildman–Crippen LogP) is 1.56. The van der Waals surface area contributed by atoms with Gasteiger partial charge in [-0.1, -0.05) is 0 Å². The third-order valence-corrected chi connectivity index (χ3v) is 2.46. The van der Waals surface area contributed by atoms with Crippen LogP contribution in [-0.4, -0.2) is 9.36 Å². The molecule has 0 aliphatic rings. The highest BCUT2D eigenvalue weighted by molar-refractivity contribution is 7.08. The van der Waals surface area contributed by atoms with E-state index in [9.17, 15) is 4.79 Å². The van der Waals surface area contributed by atoms with Crippen molar-refractivity contribution in [2.45, 2.75) is 0 Å². The summed E-state index contributed by atoms with van der Waals surface area (Å²) in [6.07, 6.45) is 0. The van der Waals surface area contributed by atoms with Crippen molar-refractivity contribution < 1.29 is 0 Å². The van der Waals surface area contributed by atoms with Crippen LogP contribution in [0.5, 0.6) is 0 Å². The number of aromatic amines is 1. The number of aromatic nitrogens is 2. The lowest BCUT2D eigenvalue weighted by molar-refractivity contribution is 1.29. The van der Waals surface area contributed by atoms with Crippen LogP contribution in [0.15, 0.2) is 21.6 Å². The van der Waals surface area contributed by atoms with E-state index in [1.165, 1.54) is 0 Å². The van der Waals surface area contributed by atoms with E-state index >= 15 is 0 Å². The molecule has 0 radical (unpaired) electrons. The predicted molar refractivity (Wildman–Crippen MR) is 46.0 cm³/mol. The Morgan fingerprint density at radius 3 is 3.00 bits per heavy atom. The second-order valence-corrected chi connectivity index (χ2v) is 3.47. The van der Waals surface area contributed by atoms with Gasteiger partial charge in [-0.2, -0.15) is 15.7 Å². The van der Waals surface area contributed by atoms with Crippen molar-refractivity contribution in [2.24, 2.45) is 0 Å². The molecule has 0 saturated heterocycles. The first-order chi connectivity index (χ1) is 5.36. The zero-order valence-corrected chi connectivity index (χ0v) is 7.04. The Morgan fingerprint density at radius 1 is 1.55 bits per heavy atom. The van der Waals surface area contributed by atoms with E-state index in [1.807, 2.05) is 16.8 Å². The topological polar surface area (TPSA) is 45.8 Å². The summed E-state index contributed by atoms with van der Waals surface area (Å²) >= 11 is 2.53. The molecule has 2 aromatic heterocycles. The summed E-state index contributed by atoms with van der Waals surface area (Å²) < 4.78 is 3.94. The van der Waals surface area contributed by atoms with E-state index in [4.69, 9.17) is 0 Å². The number of nitrogens with one attached hydrogen (secondary N) is 1. The average molecular weight is 184 g/mol. The van der Waals surface area contributed by atoms with Crippen LogP contribution in [0.1, 0.15) is 0 Å². The second kappa shape index (κ2) is 2.60. The fourth-order valence-corrected chi connectivity index (χ4v) is 1.86. The van der Waals surface area contributed by atoms with E-state index < -0.39 is 0 Å². The molecule has 0 aromatic carbocycles. The van der Waals surface area contributed by atoms with E-state index in [1.54, 1.807) is 11.3 Å². The number of hydrogen-bond acceptors (Lipinski definition) is 4. The van der Waals surface area contributed by atoms with Crippen LogP contribution in [0, 0.1) is 0 Å². The van der Waals surface area contributed by atoms with Gasteiger partial charge in [-0.05, 0) is 11.4 Å². The van der Waals surface area contributed by atoms with Crippen LogP contribution in [0.25, 0.3) is 11.4 Å². The Kier molecular flexibility index (Phi) is 1.59. The normalized spacial score (nSPS) is 10.2. The Labute approximate surface area is 70.5 Å². The van der Waals surface area contributed by atoms with Crippen LogP contribution in [0.3, 0.4) is 0 Å². The third-order valence-electron chi connectivity index (χ3n) is 1.23. The Morgan fingerprint density at radius 2 is 2.45 bits per heavy atom. The summed E-state index contributed by atoms with van der Waals surface area (Å²) in [6.45, 7) is 0. The molecule has 2 aromatic rings. The molecular formula is C6H4N2OS2. The number of hydrogen-bond donors (Lipinski definition) is 1. The van der Waals surface area contributed by atoms with Crippen LogP contribution >= 0.6 is 22.9 Å². The average Bonchev–Trinajstić information content (AvgIpc) is 2.55. The van der Waals surface area contributed by atoms with Gasteiger partial charge >= 0.3 is 4.87 Å². The Bertz CT molecular complexity index is 387. The molecule has 1 N–H and O–H groups in total. The maximum Gasteiger partial charge on any atom is 0.323 e. The Balaban J connectivity index is 2.53. The first kappa shape index (κ1) is 6.75. The van der Waals surface area contributed by atoms with Crippen LogP contribution in [0.4, 0.5) is 0 Å². The molecule has 0 unspecified atom stereocenters. The molecule has 0 saturated carbocycles. The van der Waals surface area contributed by atoms with Gasteiger partial charge < -0.3 is 0 Å². The van der Waals surface area contributed by atoms with Crippen molar-refractivity contribution in [3.05, 3.63) is 26.5 Å². The molecule has 0 aliphatic heterocycles. The quantitative estimate of drug-likeness (QED) is 0.731. The molecule has 56 valence electrons. The molecule has 0 amide bonds. The maximum atomic E-state index is 10.7. The van der Waals surface area contributed by atoms with Gasteiger partial charge in [-0.25, -0.2) is 0 Å². The monoisotopic (exact) mass is 184 g/mol. The maximum absolute atomic E-state index is 10.7. The highest BCUT2D eigenvalue weighted by Crippen LogP contribution is 2.16. The van der Waals surface area contributed by atoms with E-state index in [2.05, 4.69) is 9.36 Å². The van der Waals surface area contributed by atoms with Gasteiger partial charge in [0.2, 0.25) is 0 Å². The number of nitrogens with zero attached hydrogens (tertiary/aromatic N) is 1. The fraction of sp³-hybridized carbons (Fsp3) is 0. The molecule has 0 atom stereocenters. The lowest BCUT2D eigenvalue weighted by Gasteiger charge is -1.83. The Hall–Kier alpha value is -0.940. The van der Waals surface area contributed by atoms with Gasteiger partial charge in [0.1, 0.15) is 0 Å². The lowest BCUT2D eigenvalue weighted by atomic mass is 10.3. The molecule has 0 spiro atoms. The van der Waals surface area contributed by atoms with Gasteiger partial charge in [-0.3, -0.25) is 9.78 Å². The molecule has 0 fully saturated rings. The molecule has 0 bridgehead atoms. The number of thiophene rings is 1. The summed E-state index contributed by atoms with van der Waals surface area (Å²) in [7, 11) is 0. The minimum atomic E-state index is -0.105. The van der Waals surface area contributed by atoms with Gasteiger partial charge in [0, 0.05) is 22.5 Å². The molecule has 0 aliphatic carbocycles. The zero-order chi connectivity index (χ0) is 7.68. The van der Waals surface area contributed by atoms with E-state index in [0.717, 1.165) is 17.1 Å². The third kappa shape index (κ3) is 1.24. The molecule has 2 heterocycles. The zero-order valence-electron chi connectivity index (χ0n) is 5.40. The van der Waals surface area contributed by atoms with Crippen LogP contribution in [0.2, 0.25) is 0 Å². The van der Waals surface area contributed by atoms with Gasteiger partial charge in [0.15, 0.2) is 5.82 Å². The first-order valence-corrected chi connectivity index (χ1v) is 4.66. The van der Waals surface area contributed by atoms with Crippen molar-refractivity contribution in [1.82, 2.24) is 9.36 Å². The molecule has 11 heavy (non-hydrogen) atoms. The highest BCUT2D eigenvalue weighted by Gasteiger charge is 2.00. The molecule has 3 nitrogen and oxygen atoms in total. The summed E-state index contributed by atoms with van der Waals surface area (Å²) in [6, 6.07) is 1.93. The molecular weight excluding hydrogens is 180 g/mol. The van der Waals surface area contributed by atoms with Crippen molar-refractivity contribution in [3.63, 3.8) is 0 Å². The lowest BCUT2D eigenvalue weighted by Crippen LogP contribution is -1.91. The summed E-state index contributed by atoms with van der Waals surface area (Å²) in [5.74, 6) is 0.668. The number of rotatable bonds is 1. The summed E-state index contributed by atoms with van der Waals surface area (Å²) in [5, 5.41) is 3.90. The van der Waals surface area contributed by atoms with Crippen LogP contribution in [-0.2, 0) is 0 Å². The molecule has 5 heteroatoms. The van der Waals surface area contributed by atoms with E-state index in [-0.39, 0.29) is 4.87 Å². The minimum absolute atomic E-state index is 0.105. The minimum Gasteiger partial charge on any atom is -0.296 e. The SMILES string of the molecule is O=c1[nH]c(-c2ccsc2)ns1. The standard InChI is InChI=1S/C6H4N2OS2/c9-6-7-5(8-11-6)4-1-2-10-3-4/h1-3H,(H,7,8,9). The smallest absolute Gasteiger partial charge is 0.296 e. The largest absolute Gasteiger partial charge is 0.323 e. The first-order valence-electron chi connectivity index (χ1n) is 2.95. The van der Waals surface area contributed by atoms with Crippen molar-refractivity contribution in [1.29, 1.82) is 0 Å². The summed E-state index contributed by atoms with van der Waals surface area (Å²) in [4.78, 5) is 13.2. The van der Waals surface area contributed by atoms with Gasteiger partial charge in [0.25, 0.3) is 0 Å². The van der Waals surface area contributed by atoms with Gasteiger partial charge in [0.05, 0.1) is 0 Å². The van der Waals surface area contributed by atoms with Crippen molar-refractivity contribution in [3.8, 4) is 11.4 Å².